The van der Waals surface area contributed by atoms with Crippen LogP contribution in [0.1, 0.15) is 16.8 Å². The zero-order valence-electron chi connectivity index (χ0n) is 14.0. The Hall–Kier alpha value is -2.11. The second kappa shape index (κ2) is 9.39. The van der Waals surface area contributed by atoms with E-state index >= 15 is 0 Å². The Kier molecular flexibility index (Phi) is 7.22. The van der Waals surface area contributed by atoms with Gasteiger partial charge in [0.2, 0.25) is 0 Å². The number of ether oxygens (including phenoxy) is 3. The van der Waals surface area contributed by atoms with Gasteiger partial charge >= 0.3 is 5.97 Å². The normalized spacial score (nSPS) is 10.2. The summed E-state index contributed by atoms with van der Waals surface area (Å²) in [6, 6.07) is 10.5. The zero-order chi connectivity index (χ0) is 18.2. The number of anilines is 1. The van der Waals surface area contributed by atoms with Crippen LogP contribution in [0.25, 0.3) is 0 Å². The first-order valence-corrected chi connectivity index (χ1v) is 8.39. The molecule has 0 fully saturated rings. The largest absolute Gasteiger partial charge is 0.497 e. The molecule has 0 aliphatic heterocycles. The molecule has 0 amide bonds. The number of hydrogen-bond donors (Lipinski definition) is 1. The van der Waals surface area contributed by atoms with Crippen LogP contribution in [0.15, 0.2) is 36.4 Å². The molecule has 2 aromatic carbocycles. The smallest absolute Gasteiger partial charge is 0.340 e. The Morgan fingerprint density at radius 1 is 1.08 bits per heavy atom. The molecule has 0 atom stereocenters. The summed E-state index contributed by atoms with van der Waals surface area (Å²) in [6.07, 6.45) is 0.714. The Bertz CT molecular complexity index is 720. The Morgan fingerprint density at radius 3 is 2.40 bits per heavy atom. The van der Waals surface area contributed by atoms with Crippen molar-refractivity contribution in [3.05, 3.63) is 52.0 Å². The summed E-state index contributed by atoms with van der Waals surface area (Å²) in [6.45, 7) is 1.08. The SMILES string of the molecule is COC(=O)c1cc(Cl)cc(Cl)c1NCCCOc1ccc(OC)cc1. The summed E-state index contributed by atoms with van der Waals surface area (Å²) in [4.78, 5) is 11.9. The third-order valence-corrected chi connectivity index (χ3v) is 3.93. The van der Waals surface area contributed by atoms with Crippen LogP contribution in [0.3, 0.4) is 0 Å². The van der Waals surface area contributed by atoms with Crippen LogP contribution in [0.5, 0.6) is 11.5 Å². The molecule has 0 bridgehead atoms. The average Bonchev–Trinajstić information content (AvgIpc) is 2.62. The first kappa shape index (κ1) is 19.2. The van der Waals surface area contributed by atoms with Gasteiger partial charge in [-0.05, 0) is 42.8 Å². The van der Waals surface area contributed by atoms with Crippen LogP contribution in [0.2, 0.25) is 10.0 Å². The van der Waals surface area contributed by atoms with Gasteiger partial charge in [-0.15, -0.1) is 0 Å². The second-order valence-electron chi connectivity index (χ2n) is 5.11. The summed E-state index contributed by atoms with van der Waals surface area (Å²) in [5.74, 6) is 1.05. The maximum absolute atomic E-state index is 11.9. The minimum Gasteiger partial charge on any atom is -0.497 e. The van der Waals surface area contributed by atoms with Crippen molar-refractivity contribution in [3.63, 3.8) is 0 Å². The van der Waals surface area contributed by atoms with Gasteiger partial charge in [0.1, 0.15) is 11.5 Å². The molecule has 0 aromatic heterocycles. The fraction of sp³-hybridized carbons (Fsp3) is 0.278. The van der Waals surface area contributed by atoms with E-state index in [1.54, 1.807) is 13.2 Å². The molecule has 1 N–H and O–H groups in total. The molecule has 25 heavy (non-hydrogen) atoms. The predicted molar refractivity (Wildman–Crippen MR) is 99.4 cm³/mol. The monoisotopic (exact) mass is 383 g/mol. The van der Waals surface area contributed by atoms with Crippen LogP contribution in [-0.4, -0.2) is 33.3 Å². The van der Waals surface area contributed by atoms with Gasteiger partial charge in [-0.3, -0.25) is 0 Å². The molecule has 0 unspecified atom stereocenters. The van der Waals surface area contributed by atoms with Crippen molar-refractivity contribution in [3.8, 4) is 11.5 Å². The number of hydrogen-bond acceptors (Lipinski definition) is 5. The average molecular weight is 384 g/mol. The van der Waals surface area contributed by atoms with E-state index in [2.05, 4.69) is 5.32 Å². The quantitative estimate of drug-likeness (QED) is 0.530. The van der Waals surface area contributed by atoms with E-state index in [1.807, 2.05) is 24.3 Å². The van der Waals surface area contributed by atoms with Crippen molar-refractivity contribution in [2.75, 3.05) is 32.7 Å². The van der Waals surface area contributed by atoms with Crippen LogP contribution in [-0.2, 0) is 4.74 Å². The number of nitrogens with one attached hydrogen (secondary N) is 1. The molecule has 0 saturated heterocycles. The summed E-state index contributed by atoms with van der Waals surface area (Å²) in [7, 11) is 2.93. The van der Waals surface area contributed by atoms with Gasteiger partial charge in [0.05, 0.1) is 37.1 Å². The van der Waals surface area contributed by atoms with Crippen LogP contribution >= 0.6 is 23.2 Å². The lowest BCUT2D eigenvalue weighted by molar-refractivity contribution is 0.0602. The van der Waals surface area contributed by atoms with E-state index in [4.69, 9.17) is 37.4 Å². The minimum absolute atomic E-state index is 0.302. The predicted octanol–water partition coefficient (Wildman–Crippen LogP) is 4.67. The molecule has 5 nitrogen and oxygen atoms in total. The van der Waals surface area contributed by atoms with E-state index in [0.717, 1.165) is 11.5 Å². The van der Waals surface area contributed by atoms with Gasteiger partial charge in [-0.1, -0.05) is 23.2 Å². The molecule has 2 rings (SSSR count). The van der Waals surface area contributed by atoms with Crippen molar-refractivity contribution in [1.82, 2.24) is 0 Å². The van der Waals surface area contributed by atoms with Gasteiger partial charge in [0, 0.05) is 11.6 Å². The van der Waals surface area contributed by atoms with Gasteiger partial charge < -0.3 is 19.5 Å². The fourth-order valence-corrected chi connectivity index (χ4v) is 2.73. The van der Waals surface area contributed by atoms with E-state index in [-0.39, 0.29) is 0 Å². The lowest BCUT2D eigenvalue weighted by Gasteiger charge is -2.13. The molecule has 7 heteroatoms. The summed E-state index contributed by atoms with van der Waals surface area (Å²) >= 11 is 12.1. The lowest BCUT2D eigenvalue weighted by atomic mass is 10.1. The third kappa shape index (κ3) is 5.44. The number of benzene rings is 2. The highest BCUT2D eigenvalue weighted by molar-refractivity contribution is 6.37. The zero-order valence-corrected chi connectivity index (χ0v) is 15.5. The van der Waals surface area contributed by atoms with Gasteiger partial charge in [0.15, 0.2) is 0 Å². The fourth-order valence-electron chi connectivity index (χ4n) is 2.17. The highest BCUT2D eigenvalue weighted by Gasteiger charge is 2.16. The standard InChI is InChI=1S/C18H19Cl2NO4/c1-23-13-4-6-14(7-5-13)25-9-3-8-21-17-15(18(22)24-2)10-12(19)11-16(17)20/h4-7,10-11,21H,3,8-9H2,1-2H3. The molecule has 0 spiro atoms. The first-order chi connectivity index (χ1) is 12.0. The van der Waals surface area contributed by atoms with E-state index in [0.29, 0.717) is 40.9 Å². The second-order valence-corrected chi connectivity index (χ2v) is 5.95. The van der Waals surface area contributed by atoms with Crippen LogP contribution in [0.4, 0.5) is 5.69 Å². The molecule has 2 aromatic rings. The topological polar surface area (TPSA) is 56.8 Å². The van der Waals surface area contributed by atoms with Crippen molar-refractivity contribution >= 4 is 34.9 Å². The number of halogens is 2. The Morgan fingerprint density at radius 2 is 1.76 bits per heavy atom. The van der Waals surface area contributed by atoms with Crippen molar-refractivity contribution in [2.45, 2.75) is 6.42 Å². The van der Waals surface area contributed by atoms with Gasteiger partial charge in [-0.25, -0.2) is 4.79 Å². The van der Waals surface area contributed by atoms with Crippen molar-refractivity contribution in [2.24, 2.45) is 0 Å². The summed E-state index contributed by atoms with van der Waals surface area (Å²) in [5.41, 5.74) is 0.804. The number of methoxy groups -OCH3 is 2. The maximum Gasteiger partial charge on any atom is 0.340 e. The minimum atomic E-state index is -0.499. The Balaban J connectivity index is 1.88. The summed E-state index contributed by atoms with van der Waals surface area (Å²) < 4.78 is 15.5. The molecule has 0 saturated carbocycles. The van der Waals surface area contributed by atoms with Gasteiger partial charge in [0.25, 0.3) is 0 Å². The molecule has 0 aliphatic carbocycles. The highest BCUT2D eigenvalue weighted by atomic mass is 35.5. The summed E-state index contributed by atoms with van der Waals surface area (Å²) in [5, 5.41) is 3.88. The third-order valence-electron chi connectivity index (χ3n) is 3.41. The van der Waals surface area contributed by atoms with Crippen molar-refractivity contribution in [1.29, 1.82) is 0 Å². The highest BCUT2D eigenvalue weighted by Crippen LogP contribution is 2.30. The number of carbonyl (C=O) groups excluding carboxylic acids is 1. The molecule has 0 aliphatic rings. The molecule has 134 valence electrons. The van der Waals surface area contributed by atoms with Crippen LogP contribution < -0.4 is 14.8 Å². The number of carbonyl (C=O) groups is 1. The van der Waals surface area contributed by atoms with Gasteiger partial charge in [-0.2, -0.15) is 0 Å². The molecular weight excluding hydrogens is 365 g/mol. The maximum atomic E-state index is 11.9. The first-order valence-electron chi connectivity index (χ1n) is 7.63. The molecule has 0 radical (unpaired) electrons. The lowest BCUT2D eigenvalue weighted by Crippen LogP contribution is -2.12. The number of esters is 1. The Labute approximate surface area is 156 Å². The molecule has 0 heterocycles. The van der Waals surface area contributed by atoms with E-state index in [9.17, 15) is 4.79 Å². The number of rotatable bonds is 8. The van der Waals surface area contributed by atoms with E-state index < -0.39 is 5.97 Å². The van der Waals surface area contributed by atoms with E-state index in [1.165, 1.54) is 13.2 Å². The van der Waals surface area contributed by atoms with Crippen LogP contribution in [0, 0.1) is 0 Å². The molecular formula is C18H19Cl2NO4. The van der Waals surface area contributed by atoms with Crippen molar-refractivity contribution < 1.29 is 19.0 Å².